The Kier molecular flexibility index (Phi) is 6.75. The molecule has 0 bridgehead atoms. The highest BCUT2D eigenvalue weighted by Gasteiger charge is 2.20. The summed E-state index contributed by atoms with van der Waals surface area (Å²) in [7, 11) is 0. The van der Waals surface area contributed by atoms with Gasteiger partial charge in [0.25, 0.3) is 0 Å². The van der Waals surface area contributed by atoms with Crippen molar-refractivity contribution in [1.29, 1.82) is 0 Å². The largest absolute Gasteiger partial charge is 0.368 e. The van der Waals surface area contributed by atoms with Crippen molar-refractivity contribution in [3.63, 3.8) is 0 Å². The van der Waals surface area contributed by atoms with Gasteiger partial charge in [0.2, 0.25) is 17.7 Å². The fourth-order valence-corrected chi connectivity index (χ4v) is 2.04. The molecule has 1 atom stereocenters. The van der Waals surface area contributed by atoms with E-state index in [1.165, 1.54) is 0 Å². The Morgan fingerprint density at radius 2 is 1.70 bits per heavy atom. The number of amides is 3. The fraction of sp³-hybridized carbons (Fsp3) is 0.471. The van der Waals surface area contributed by atoms with E-state index in [2.05, 4.69) is 10.6 Å². The molecular weight excluding hydrogens is 294 g/mol. The Morgan fingerprint density at radius 1 is 1.09 bits per heavy atom. The van der Waals surface area contributed by atoms with Crippen molar-refractivity contribution in [1.82, 2.24) is 10.6 Å². The summed E-state index contributed by atoms with van der Waals surface area (Å²) >= 11 is 0. The summed E-state index contributed by atoms with van der Waals surface area (Å²) in [6.07, 6.45) is 0.640. The molecule has 0 saturated carbocycles. The van der Waals surface area contributed by atoms with Crippen molar-refractivity contribution in [3.8, 4) is 0 Å². The van der Waals surface area contributed by atoms with Crippen LogP contribution in [0.15, 0.2) is 30.3 Å². The van der Waals surface area contributed by atoms with Crippen LogP contribution in [0.4, 0.5) is 0 Å². The summed E-state index contributed by atoms with van der Waals surface area (Å²) in [4.78, 5) is 35.1. The molecule has 6 nitrogen and oxygen atoms in total. The van der Waals surface area contributed by atoms with Gasteiger partial charge in [-0.05, 0) is 11.0 Å². The second kappa shape index (κ2) is 8.31. The van der Waals surface area contributed by atoms with Crippen molar-refractivity contribution >= 4 is 17.7 Å². The van der Waals surface area contributed by atoms with Gasteiger partial charge >= 0.3 is 0 Å². The molecule has 0 aromatic heterocycles. The van der Waals surface area contributed by atoms with E-state index >= 15 is 0 Å². The minimum atomic E-state index is -0.801. The lowest BCUT2D eigenvalue weighted by molar-refractivity contribution is -0.129. The van der Waals surface area contributed by atoms with Gasteiger partial charge in [0, 0.05) is 12.8 Å². The Bertz CT molecular complexity index is 550. The first-order chi connectivity index (χ1) is 10.7. The van der Waals surface area contributed by atoms with E-state index < -0.39 is 17.9 Å². The van der Waals surface area contributed by atoms with Crippen LogP contribution in [0.25, 0.3) is 0 Å². The zero-order chi connectivity index (χ0) is 17.5. The van der Waals surface area contributed by atoms with E-state index in [4.69, 9.17) is 5.73 Å². The van der Waals surface area contributed by atoms with Crippen LogP contribution < -0.4 is 16.4 Å². The SMILES string of the molecule is CC(C)(C)CC(=O)NCC(=O)N[C@H](Cc1ccccc1)C(N)=O. The number of rotatable bonds is 7. The van der Waals surface area contributed by atoms with Gasteiger partial charge < -0.3 is 16.4 Å². The molecule has 0 aliphatic heterocycles. The number of primary amides is 1. The topological polar surface area (TPSA) is 101 Å². The van der Waals surface area contributed by atoms with E-state index in [0.29, 0.717) is 12.8 Å². The number of nitrogens with one attached hydrogen (secondary N) is 2. The fourth-order valence-electron chi connectivity index (χ4n) is 2.04. The second-order valence-corrected chi connectivity index (χ2v) is 6.73. The summed E-state index contributed by atoms with van der Waals surface area (Å²) in [5, 5.41) is 5.10. The van der Waals surface area contributed by atoms with Gasteiger partial charge in [-0.3, -0.25) is 14.4 Å². The molecule has 0 aliphatic carbocycles. The van der Waals surface area contributed by atoms with Gasteiger partial charge in [-0.2, -0.15) is 0 Å². The highest BCUT2D eigenvalue weighted by atomic mass is 16.2. The first-order valence-corrected chi connectivity index (χ1v) is 7.57. The molecule has 1 aromatic rings. The Morgan fingerprint density at radius 3 is 2.22 bits per heavy atom. The first kappa shape index (κ1) is 18.7. The van der Waals surface area contributed by atoms with E-state index in [-0.39, 0.29) is 17.9 Å². The molecule has 0 saturated heterocycles. The van der Waals surface area contributed by atoms with Gasteiger partial charge in [-0.15, -0.1) is 0 Å². The van der Waals surface area contributed by atoms with Crippen molar-refractivity contribution in [2.45, 2.75) is 39.7 Å². The van der Waals surface area contributed by atoms with Gasteiger partial charge in [0.15, 0.2) is 0 Å². The minimum absolute atomic E-state index is 0.149. The lowest BCUT2D eigenvalue weighted by atomic mass is 9.92. The third-order valence-corrected chi connectivity index (χ3v) is 3.10. The second-order valence-electron chi connectivity index (χ2n) is 6.73. The molecule has 0 radical (unpaired) electrons. The normalized spacial score (nSPS) is 12.3. The Balaban J connectivity index is 2.49. The number of benzene rings is 1. The van der Waals surface area contributed by atoms with Crippen LogP contribution in [0.2, 0.25) is 0 Å². The number of carbonyl (C=O) groups is 3. The first-order valence-electron chi connectivity index (χ1n) is 7.57. The molecule has 0 heterocycles. The van der Waals surface area contributed by atoms with E-state index in [1.54, 1.807) is 0 Å². The highest BCUT2D eigenvalue weighted by molar-refractivity contribution is 5.89. The van der Waals surface area contributed by atoms with Gasteiger partial charge in [0.05, 0.1) is 6.54 Å². The highest BCUT2D eigenvalue weighted by Crippen LogP contribution is 2.17. The van der Waals surface area contributed by atoms with E-state index in [1.807, 2.05) is 51.1 Å². The zero-order valence-electron chi connectivity index (χ0n) is 13.9. The van der Waals surface area contributed by atoms with Crippen molar-refractivity contribution < 1.29 is 14.4 Å². The maximum absolute atomic E-state index is 11.9. The Hall–Kier alpha value is -2.37. The van der Waals surface area contributed by atoms with Crippen LogP contribution in [0.5, 0.6) is 0 Å². The molecular formula is C17H25N3O3. The number of hydrogen-bond acceptors (Lipinski definition) is 3. The van der Waals surface area contributed by atoms with Gasteiger partial charge in [-0.1, -0.05) is 51.1 Å². The smallest absolute Gasteiger partial charge is 0.240 e. The lowest BCUT2D eigenvalue weighted by Crippen LogP contribution is -2.49. The standard InChI is InChI=1S/C17H25N3O3/c1-17(2,3)10-14(21)19-11-15(22)20-13(16(18)23)9-12-7-5-4-6-8-12/h4-8,13H,9-11H2,1-3H3,(H2,18,23)(H,19,21)(H,20,22)/t13-/m1/s1. The summed E-state index contributed by atoms with van der Waals surface area (Å²) < 4.78 is 0. The number of nitrogens with two attached hydrogens (primary N) is 1. The molecule has 0 aliphatic rings. The number of carbonyl (C=O) groups excluding carboxylic acids is 3. The molecule has 6 heteroatoms. The summed E-state index contributed by atoms with van der Waals surface area (Å²) in [6, 6.07) is 8.47. The molecule has 23 heavy (non-hydrogen) atoms. The number of hydrogen-bond donors (Lipinski definition) is 3. The maximum atomic E-state index is 11.9. The van der Waals surface area contributed by atoms with Crippen LogP contribution in [-0.2, 0) is 20.8 Å². The van der Waals surface area contributed by atoms with Gasteiger partial charge in [-0.25, -0.2) is 0 Å². The van der Waals surface area contributed by atoms with Crippen LogP contribution >= 0.6 is 0 Å². The molecule has 0 spiro atoms. The molecule has 3 amide bonds. The zero-order valence-corrected chi connectivity index (χ0v) is 13.9. The van der Waals surface area contributed by atoms with Crippen LogP contribution in [0.1, 0.15) is 32.8 Å². The monoisotopic (exact) mass is 319 g/mol. The summed E-state index contributed by atoms with van der Waals surface area (Å²) in [6.45, 7) is 5.65. The molecule has 126 valence electrons. The van der Waals surface area contributed by atoms with Gasteiger partial charge in [0.1, 0.15) is 6.04 Å². The van der Waals surface area contributed by atoms with Crippen LogP contribution in [-0.4, -0.2) is 30.3 Å². The summed E-state index contributed by atoms with van der Waals surface area (Å²) in [5.74, 6) is -1.25. The Labute approximate surface area is 136 Å². The average molecular weight is 319 g/mol. The molecule has 1 aromatic carbocycles. The molecule has 1 rings (SSSR count). The van der Waals surface area contributed by atoms with Crippen molar-refractivity contribution in [3.05, 3.63) is 35.9 Å². The molecule has 0 unspecified atom stereocenters. The predicted molar refractivity (Wildman–Crippen MR) is 88.4 cm³/mol. The molecule has 4 N–H and O–H groups in total. The third kappa shape index (κ3) is 7.99. The lowest BCUT2D eigenvalue weighted by Gasteiger charge is -2.18. The van der Waals surface area contributed by atoms with Crippen LogP contribution in [0, 0.1) is 5.41 Å². The quantitative estimate of drug-likeness (QED) is 0.691. The maximum Gasteiger partial charge on any atom is 0.240 e. The van der Waals surface area contributed by atoms with Crippen molar-refractivity contribution in [2.75, 3.05) is 6.54 Å². The third-order valence-electron chi connectivity index (χ3n) is 3.10. The minimum Gasteiger partial charge on any atom is -0.368 e. The van der Waals surface area contributed by atoms with E-state index in [0.717, 1.165) is 5.56 Å². The van der Waals surface area contributed by atoms with E-state index in [9.17, 15) is 14.4 Å². The summed E-state index contributed by atoms with van der Waals surface area (Å²) in [5.41, 5.74) is 6.08. The predicted octanol–water partition coefficient (Wildman–Crippen LogP) is 0.752. The van der Waals surface area contributed by atoms with Crippen LogP contribution in [0.3, 0.4) is 0 Å². The molecule has 0 fully saturated rings. The van der Waals surface area contributed by atoms with Crippen molar-refractivity contribution in [2.24, 2.45) is 11.1 Å². The average Bonchev–Trinajstić information content (AvgIpc) is 2.43.